The summed E-state index contributed by atoms with van der Waals surface area (Å²) in [4.78, 5) is 7.00. The molecule has 4 nitrogen and oxygen atoms in total. The molecule has 1 aliphatic heterocycles. The zero-order valence-electron chi connectivity index (χ0n) is 13.9. The van der Waals surface area contributed by atoms with Crippen molar-refractivity contribution in [2.45, 2.75) is 44.2 Å². The summed E-state index contributed by atoms with van der Waals surface area (Å²) in [6, 6.07) is 9.60. The van der Waals surface area contributed by atoms with Crippen LogP contribution < -0.4 is 0 Å². The Morgan fingerprint density at radius 1 is 1.25 bits per heavy atom. The largest absolute Gasteiger partial charge is 0.292 e. The van der Waals surface area contributed by atoms with Gasteiger partial charge >= 0.3 is 0 Å². The number of aryl methyl sites for hydroxylation is 1. The molecular formula is C18H21ClN2O2S. The average Bonchev–Trinajstić information content (AvgIpc) is 2.59. The minimum Gasteiger partial charge on any atom is -0.292 e. The van der Waals surface area contributed by atoms with Gasteiger partial charge in [0.2, 0.25) is 0 Å². The lowest BCUT2D eigenvalue weighted by Gasteiger charge is -2.34. The predicted molar refractivity (Wildman–Crippen MR) is 95.6 cm³/mol. The van der Waals surface area contributed by atoms with Crippen molar-refractivity contribution >= 4 is 19.7 Å². The Balaban J connectivity index is 1.82. The Morgan fingerprint density at radius 2 is 2.04 bits per heavy atom. The van der Waals surface area contributed by atoms with Gasteiger partial charge in [0.15, 0.2) is 0 Å². The van der Waals surface area contributed by atoms with Crippen LogP contribution in [0.2, 0.25) is 0 Å². The molecule has 0 spiro atoms. The van der Waals surface area contributed by atoms with Crippen molar-refractivity contribution in [3.05, 3.63) is 58.9 Å². The Morgan fingerprint density at radius 3 is 2.67 bits per heavy atom. The van der Waals surface area contributed by atoms with Gasteiger partial charge in [-0.25, -0.2) is 8.42 Å². The molecule has 1 aromatic heterocycles. The third-order valence-corrected chi connectivity index (χ3v) is 6.09. The highest BCUT2D eigenvalue weighted by atomic mass is 35.7. The van der Waals surface area contributed by atoms with E-state index in [0.717, 1.165) is 30.6 Å². The zero-order valence-corrected chi connectivity index (χ0v) is 15.4. The van der Waals surface area contributed by atoms with E-state index in [1.165, 1.54) is 11.1 Å². The maximum absolute atomic E-state index is 11.6. The van der Waals surface area contributed by atoms with Crippen molar-refractivity contribution in [3.8, 4) is 0 Å². The van der Waals surface area contributed by atoms with Crippen LogP contribution >= 0.6 is 10.7 Å². The quantitative estimate of drug-likeness (QED) is 0.776. The smallest absolute Gasteiger partial charge is 0.261 e. The third kappa shape index (κ3) is 3.63. The van der Waals surface area contributed by atoms with Crippen LogP contribution in [0.5, 0.6) is 0 Å². The summed E-state index contributed by atoms with van der Waals surface area (Å²) in [5.74, 6) is 0. The van der Waals surface area contributed by atoms with Gasteiger partial charge in [-0.2, -0.15) is 0 Å². The first-order valence-corrected chi connectivity index (χ1v) is 10.4. The number of halogens is 1. The number of fused-ring (bicyclic) bond motifs is 1. The lowest BCUT2D eigenvalue weighted by molar-refractivity contribution is 0.191. The van der Waals surface area contributed by atoms with E-state index >= 15 is 0 Å². The molecule has 0 fully saturated rings. The Hall–Kier alpha value is -1.43. The Bertz CT molecular complexity index is 835. The van der Waals surface area contributed by atoms with E-state index in [1.54, 1.807) is 12.1 Å². The molecule has 6 heteroatoms. The maximum Gasteiger partial charge on any atom is 0.261 e. The lowest BCUT2D eigenvalue weighted by Crippen LogP contribution is -2.33. The van der Waals surface area contributed by atoms with Gasteiger partial charge in [-0.05, 0) is 54.7 Å². The van der Waals surface area contributed by atoms with Crippen LogP contribution in [-0.2, 0) is 28.4 Å². The highest BCUT2D eigenvalue weighted by molar-refractivity contribution is 8.13. The second-order valence-corrected chi connectivity index (χ2v) is 8.77. The van der Waals surface area contributed by atoms with Crippen molar-refractivity contribution in [3.63, 3.8) is 0 Å². The van der Waals surface area contributed by atoms with E-state index in [2.05, 4.69) is 35.9 Å². The van der Waals surface area contributed by atoms with E-state index in [9.17, 15) is 8.42 Å². The predicted octanol–water partition coefficient (Wildman–Crippen LogP) is 3.69. The first-order chi connectivity index (χ1) is 11.4. The normalized spacial score (nSPS) is 16.6. The number of pyridine rings is 1. The summed E-state index contributed by atoms with van der Waals surface area (Å²) in [6.07, 6.45) is 3.78. The van der Waals surface area contributed by atoms with E-state index < -0.39 is 9.05 Å². The van der Waals surface area contributed by atoms with Gasteiger partial charge in [0, 0.05) is 41.7 Å². The number of aromatic nitrogens is 1. The van der Waals surface area contributed by atoms with Crippen LogP contribution in [0.4, 0.5) is 0 Å². The van der Waals surface area contributed by atoms with Crippen LogP contribution in [0.25, 0.3) is 0 Å². The molecule has 0 radical (unpaired) electrons. The second-order valence-electron chi connectivity index (χ2n) is 6.20. The Kier molecular flexibility index (Phi) is 4.95. The third-order valence-electron chi connectivity index (χ3n) is 4.74. The molecule has 1 aliphatic rings. The molecule has 2 aromatic rings. The molecule has 0 N–H and O–H groups in total. The number of benzene rings is 1. The van der Waals surface area contributed by atoms with Crippen molar-refractivity contribution in [2.75, 3.05) is 6.54 Å². The first kappa shape index (κ1) is 17.4. The van der Waals surface area contributed by atoms with Gasteiger partial charge in [0.1, 0.15) is 0 Å². The van der Waals surface area contributed by atoms with Crippen LogP contribution in [0.15, 0.2) is 41.4 Å². The molecule has 24 heavy (non-hydrogen) atoms. The topological polar surface area (TPSA) is 50.3 Å². The van der Waals surface area contributed by atoms with Crippen LogP contribution in [0, 0.1) is 0 Å². The SMILES string of the molecule is CCc1ccc(C(C)N2CCc3ccc(S(=O)(=O)Cl)cc3C2)cn1. The van der Waals surface area contributed by atoms with E-state index in [4.69, 9.17) is 10.7 Å². The van der Waals surface area contributed by atoms with Crippen LogP contribution in [0.1, 0.15) is 42.3 Å². The fourth-order valence-electron chi connectivity index (χ4n) is 3.14. The summed E-state index contributed by atoms with van der Waals surface area (Å²) in [7, 11) is 1.78. The van der Waals surface area contributed by atoms with E-state index in [0.29, 0.717) is 6.54 Å². The average molecular weight is 365 g/mol. The number of nitrogens with zero attached hydrogens (tertiary/aromatic N) is 2. The molecule has 0 amide bonds. The molecule has 128 valence electrons. The van der Waals surface area contributed by atoms with E-state index in [1.807, 2.05) is 12.3 Å². The van der Waals surface area contributed by atoms with Gasteiger partial charge in [0.25, 0.3) is 9.05 Å². The van der Waals surface area contributed by atoms with Gasteiger partial charge in [-0.15, -0.1) is 0 Å². The van der Waals surface area contributed by atoms with Gasteiger partial charge in [-0.1, -0.05) is 19.1 Å². The number of rotatable bonds is 4. The molecule has 2 heterocycles. The summed E-state index contributed by atoms with van der Waals surface area (Å²) < 4.78 is 23.1. The molecule has 0 saturated carbocycles. The molecule has 0 saturated heterocycles. The second kappa shape index (κ2) is 6.82. The minimum atomic E-state index is -3.69. The highest BCUT2D eigenvalue weighted by Gasteiger charge is 2.23. The number of hydrogen-bond acceptors (Lipinski definition) is 4. The van der Waals surface area contributed by atoms with E-state index in [-0.39, 0.29) is 10.9 Å². The van der Waals surface area contributed by atoms with Crippen LogP contribution in [-0.4, -0.2) is 24.8 Å². The minimum absolute atomic E-state index is 0.173. The molecule has 1 atom stereocenters. The van der Waals surface area contributed by atoms with Crippen molar-refractivity contribution in [1.82, 2.24) is 9.88 Å². The van der Waals surface area contributed by atoms with Gasteiger partial charge in [0.05, 0.1) is 4.90 Å². The Labute approximate surface area is 147 Å². The monoisotopic (exact) mass is 364 g/mol. The summed E-state index contributed by atoms with van der Waals surface area (Å²) in [5.41, 5.74) is 4.50. The van der Waals surface area contributed by atoms with Gasteiger partial charge < -0.3 is 0 Å². The molecule has 0 aliphatic carbocycles. The van der Waals surface area contributed by atoms with Gasteiger partial charge in [-0.3, -0.25) is 9.88 Å². The molecule has 1 unspecified atom stereocenters. The summed E-state index contributed by atoms with van der Waals surface area (Å²) in [5, 5.41) is 0. The van der Waals surface area contributed by atoms with Crippen LogP contribution in [0.3, 0.4) is 0 Å². The number of hydrogen-bond donors (Lipinski definition) is 0. The zero-order chi connectivity index (χ0) is 17.3. The van der Waals surface area contributed by atoms with Crippen molar-refractivity contribution in [1.29, 1.82) is 0 Å². The molecule has 1 aromatic carbocycles. The fraction of sp³-hybridized carbons (Fsp3) is 0.389. The van der Waals surface area contributed by atoms with Crippen molar-refractivity contribution in [2.24, 2.45) is 0 Å². The van der Waals surface area contributed by atoms with Crippen molar-refractivity contribution < 1.29 is 8.42 Å². The lowest BCUT2D eigenvalue weighted by atomic mass is 9.97. The molecule has 0 bridgehead atoms. The summed E-state index contributed by atoms with van der Waals surface area (Å²) in [6.45, 7) is 5.91. The highest BCUT2D eigenvalue weighted by Crippen LogP contribution is 2.29. The maximum atomic E-state index is 11.6. The molecule has 3 rings (SSSR count). The first-order valence-electron chi connectivity index (χ1n) is 8.14. The molecular weight excluding hydrogens is 344 g/mol. The standard InChI is InChI=1S/C18H21ClN2O2S/c1-3-17-6-4-15(11-20-17)13(2)21-9-8-14-5-7-18(24(19,22)23)10-16(14)12-21/h4-7,10-11,13H,3,8-9,12H2,1-2H3. The fourth-order valence-corrected chi connectivity index (χ4v) is 3.94. The summed E-state index contributed by atoms with van der Waals surface area (Å²) >= 11 is 0.